The Morgan fingerprint density at radius 3 is 2.75 bits per heavy atom. The smallest absolute Gasteiger partial charge is 0.356 e. The Labute approximate surface area is 114 Å². The van der Waals surface area contributed by atoms with E-state index in [-0.39, 0.29) is 23.8 Å². The number of aromatic nitrogens is 4. The Balaban J connectivity index is 2.32. The molecule has 0 atom stereocenters. The number of aromatic carboxylic acids is 1. The molecule has 20 heavy (non-hydrogen) atoms. The first-order valence-electron chi connectivity index (χ1n) is 5.83. The van der Waals surface area contributed by atoms with Crippen molar-refractivity contribution in [3.63, 3.8) is 0 Å². The van der Waals surface area contributed by atoms with E-state index in [1.165, 1.54) is 23.1 Å². The summed E-state index contributed by atoms with van der Waals surface area (Å²) in [6, 6.07) is 1.33. The zero-order valence-electron chi connectivity index (χ0n) is 10.9. The SMILES string of the molecule is CCOC(=O)c1cnc(-n2ccc(C(=O)O)n2)nc1C. The summed E-state index contributed by atoms with van der Waals surface area (Å²) >= 11 is 0. The van der Waals surface area contributed by atoms with Gasteiger partial charge in [-0.2, -0.15) is 5.10 Å². The van der Waals surface area contributed by atoms with Crippen molar-refractivity contribution >= 4 is 11.9 Å². The lowest BCUT2D eigenvalue weighted by molar-refractivity contribution is 0.0524. The number of nitrogens with zero attached hydrogens (tertiary/aromatic N) is 4. The summed E-state index contributed by atoms with van der Waals surface area (Å²) in [6.45, 7) is 3.61. The van der Waals surface area contributed by atoms with Crippen molar-refractivity contribution in [2.75, 3.05) is 6.61 Å². The number of carbonyl (C=O) groups is 2. The average Bonchev–Trinajstić information content (AvgIpc) is 2.88. The molecule has 0 spiro atoms. The fraction of sp³-hybridized carbons (Fsp3) is 0.250. The molecule has 0 aliphatic heterocycles. The standard InChI is InChI=1S/C12H12N4O4/c1-3-20-11(19)8-6-13-12(14-7(8)2)16-5-4-9(15-16)10(17)18/h4-6H,3H2,1-2H3,(H,17,18). The topological polar surface area (TPSA) is 107 Å². The van der Waals surface area contributed by atoms with Gasteiger partial charge in [0.1, 0.15) is 0 Å². The Bertz CT molecular complexity index is 665. The van der Waals surface area contributed by atoms with Crippen LogP contribution in [-0.4, -0.2) is 43.4 Å². The second kappa shape index (κ2) is 5.47. The van der Waals surface area contributed by atoms with Crippen LogP contribution >= 0.6 is 0 Å². The summed E-state index contributed by atoms with van der Waals surface area (Å²) in [5.41, 5.74) is 0.586. The van der Waals surface area contributed by atoms with Crippen molar-refractivity contribution in [3.8, 4) is 5.95 Å². The third-order valence-corrected chi connectivity index (χ3v) is 2.48. The molecule has 1 N–H and O–H groups in total. The Morgan fingerprint density at radius 2 is 2.20 bits per heavy atom. The van der Waals surface area contributed by atoms with Gasteiger partial charge in [0, 0.05) is 12.4 Å². The average molecular weight is 276 g/mol. The van der Waals surface area contributed by atoms with Crippen molar-refractivity contribution in [2.24, 2.45) is 0 Å². The van der Waals surface area contributed by atoms with E-state index >= 15 is 0 Å². The lowest BCUT2D eigenvalue weighted by Gasteiger charge is -2.06. The van der Waals surface area contributed by atoms with Crippen LogP contribution in [0.2, 0.25) is 0 Å². The highest BCUT2D eigenvalue weighted by Crippen LogP contribution is 2.09. The quantitative estimate of drug-likeness (QED) is 0.824. The van der Waals surface area contributed by atoms with Gasteiger partial charge >= 0.3 is 11.9 Å². The number of hydrogen-bond acceptors (Lipinski definition) is 6. The molecule has 0 amide bonds. The molecule has 104 valence electrons. The summed E-state index contributed by atoms with van der Waals surface area (Å²) in [6.07, 6.45) is 2.76. The molecule has 0 saturated heterocycles. The molecule has 0 saturated carbocycles. The zero-order chi connectivity index (χ0) is 14.7. The fourth-order valence-corrected chi connectivity index (χ4v) is 1.52. The second-order valence-electron chi connectivity index (χ2n) is 3.84. The summed E-state index contributed by atoms with van der Waals surface area (Å²) in [5.74, 6) is -1.45. The molecule has 2 heterocycles. The van der Waals surface area contributed by atoms with E-state index in [0.717, 1.165) is 0 Å². The van der Waals surface area contributed by atoms with Gasteiger partial charge in [0.05, 0.1) is 17.9 Å². The third kappa shape index (κ3) is 2.63. The minimum Gasteiger partial charge on any atom is -0.476 e. The van der Waals surface area contributed by atoms with E-state index in [1.807, 2.05) is 0 Å². The Morgan fingerprint density at radius 1 is 1.45 bits per heavy atom. The largest absolute Gasteiger partial charge is 0.476 e. The first-order chi connectivity index (χ1) is 9.52. The molecule has 2 aromatic rings. The van der Waals surface area contributed by atoms with Gasteiger partial charge in [-0.25, -0.2) is 24.2 Å². The van der Waals surface area contributed by atoms with Crippen LogP contribution in [0.25, 0.3) is 5.95 Å². The van der Waals surface area contributed by atoms with Gasteiger partial charge in [-0.1, -0.05) is 0 Å². The van der Waals surface area contributed by atoms with Crippen molar-refractivity contribution in [1.82, 2.24) is 19.7 Å². The summed E-state index contributed by atoms with van der Waals surface area (Å²) in [5, 5.41) is 12.6. The number of aryl methyl sites for hydroxylation is 1. The van der Waals surface area contributed by atoms with Gasteiger partial charge in [-0.05, 0) is 19.9 Å². The first-order valence-corrected chi connectivity index (χ1v) is 5.83. The van der Waals surface area contributed by atoms with Crippen LogP contribution < -0.4 is 0 Å². The second-order valence-corrected chi connectivity index (χ2v) is 3.84. The molecule has 0 unspecified atom stereocenters. The van der Waals surface area contributed by atoms with Crippen LogP contribution in [0, 0.1) is 6.92 Å². The number of carbonyl (C=O) groups excluding carboxylic acids is 1. The highest BCUT2D eigenvalue weighted by atomic mass is 16.5. The van der Waals surface area contributed by atoms with E-state index in [1.54, 1.807) is 13.8 Å². The minimum atomic E-state index is -1.14. The van der Waals surface area contributed by atoms with Gasteiger partial charge in [0.25, 0.3) is 5.95 Å². The number of carboxylic acids is 1. The maximum absolute atomic E-state index is 11.6. The molecular formula is C12H12N4O4. The van der Waals surface area contributed by atoms with Crippen LogP contribution in [0.15, 0.2) is 18.5 Å². The van der Waals surface area contributed by atoms with E-state index in [0.29, 0.717) is 5.69 Å². The number of ether oxygens (including phenoxy) is 1. The summed E-state index contributed by atoms with van der Waals surface area (Å²) in [7, 11) is 0. The summed E-state index contributed by atoms with van der Waals surface area (Å²) in [4.78, 5) is 30.5. The van der Waals surface area contributed by atoms with Gasteiger partial charge in [0.15, 0.2) is 5.69 Å². The number of carboxylic acid groups (broad SMARTS) is 1. The zero-order valence-corrected chi connectivity index (χ0v) is 10.9. The van der Waals surface area contributed by atoms with Gasteiger partial charge in [-0.15, -0.1) is 0 Å². The van der Waals surface area contributed by atoms with E-state index in [2.05, 4.69) is 15.1 Å². The molecule has 0 radical (unpaired) electrons. The highest BCUT2D eigenvalue weighted by Gasteiger charge is 2.14. The van der Waals surface area contributed by atoms with E-state index in [9.17, 15) is 9.59 Å². The summed E-state index contributed by atoms with van der Waals surface area (Å²) < 4.78 is 6.10. The molecule has 2 aromatic heterocycles. The Hall–Kier alpha value is -2.77. The fourth-order valence-electron chi connectivity index (χ4n) is 1.52. The highest BCUT2D eigenvalue weighted by molar-refractivity contribution is 5.90. The van der Waals surface area contributed by atoms with Gasteiger partial charge in [0.2, 0.25) is 0 Å². The lowest BCUT2D eigenvalue weighted by atomic mass is 10.2. The van der Waals surface area contributed by atoms with E-state index < -0.39 is 11.9 Å². The van der Waals surface area contributed by atoms with Gasteiger partial charge < -0.3 is 9.84 Å². The number of esters is 1. The normalized spacial score (nSPS) is 10.3. The van der Waals surface area contributed by atoms with Crippen LogP contribution in [0.4, 0.5) is 0 Å². The molecule has 2 rings (SSSR count). The first kappa shape index (κ1) is 13.7. The predicted molar refractivity (Wildman–Crippen MR) is 66.8 cm³/mol. The van der Waals surface area contributed by atoms with Gasteiger partial charge in [-0.3, -0.25) is 0 Å². The molecule has 0 fully saturated rings. The number of hydrogen-bond donors (Lipinski definition) is 1. The van der Waals surface area contributed by atoms with Crippen LogP contribution in [-0.2, 0) is 4.74 Å². The van der Waals surface area contributed by atoms with Crippen LogP contribution in [0.5, 0.6) is 0 Å². The number of rotatable bonds is 4. The molecular weight excluding hydrogens is 264 g/mol. The molecule has 0 aliphatic rings. The molecule has 8 nitrogen and oxygen atoms in total. The third-order valence-electron chi connectivity index (χ3n) is 2.48. The molecule has 0 bridgehead atoms. The van der Waals surface area contributed by atoms with E-state index in [4.69, 9.17) is 9.84 Å². The maximum atomic E-state index is 11.6. The molecule has 8 heteroatoms. The minimum absolute atomic E-state index is 0.110. The molecule has 0 aliphatic carbocycles. The van der Waals surface area contributed by atoms with Crippen molar-refractivity contribution in [3.05, 3.63) is 35.4 Å². The van der Waals surface area contributed by atoms with Crippen molar-refractivity contribution in [1.29, 1.82) is 0 Å². The Kier molecular flexibility index (Phi) is 3.74. The maximum Gasteiger partial charge on any atom is 0.356 e. The van der Waals surface area contributed by atoms with Crippen molar-refractivity contribution in [2.45, 2.75) is 13.8 Å². The van der Waals surface area contributed by atoms with Crippen LogP contribution in [0.3, 0.4) is 0 Å². The van der Waals surface area contributed by atoms with Crippen molar-refractivity contribution < 1.29 is 19.4 Å². The predicted octanol–water partition coefficient (Wildman–Crippen LogP) is 0.846. The monoisotopic (exact) mass is 276 g/mol. The van der Waals surface area contributed by atoms with Crippen LogP contribution in [0.1, 0.15) is 33.5 Å². The lowest BCUT2D eigenvalue weighted by Crippen LogP contribution is -2.12. The molecule has 0 aromatic carbocycles.